The first-order chi connectivity index (χ1) is 13.3. The number of aliphatic carboxylic acids is 2. The number of ether oxygens (including phenoxy) is 2. The van der Waals surface area contributed by atoms with Gasteiger partial charge < -0.3 is 19.7 Å². The van der Waals surface area contributed by atoms with Gasteiger partial charge in [0.25, 0.3) is 0 Å². The van der Waals surface area contributed by atoms with Gasteiger partial charge in [-0.3, -0.25) is 14.9 Å². The lowest BCUT2D eigenvalue weighted by molar-refractivity contribution is -0.142. The van der Waals surface area contributed by atoms with E-state index in [1.165, 1.54) is 25.1 Å². The largest absolute Gasteiger partial charge is 0.481 e. The van der Waals surface area contributed by atoms with Crippen LogP contribution < -0.4 is 5.32 Å². The van der Waals surface area contributed by atoms with Crippen LogP contribution in [0.2, 0.25) is 0 Å². The van der Waals surface area contributed by atoms with Crippen molar-refractivity contribution in [2.24, 2.45) is 0 Å². The zero-order valence-corrected chi connectivity index (χ0v) is 17.0. The monoisotopic (exact) mass is 407 g/mol. The van der Waals surface area contributed by atoms with Crippen LogP contribution in [0, 0.1) is 6.92 Å². The molecule has 0 bridgehead atoms. The number of hydrogen-bond acceptors (Lipinski definition) is 6. The molecule has 0 heterocycles. The van der Waals surface area contributed by atoms with Crippen LogP contribution in [-0.4, -0.2) is 39.8 Å². The van der Waals surface area contributed by atoms with Crippen molar-refractivity contribution in [1.29, 1.82) is 0 Å². The summed E-state index contributed by atoms with van der Waals surface area (Å²) < 4.78 is 10.3. The average Bonchev–Trinajstić information content (AvgIpc) is 2.53. The molecular formula is C20H25NO8. The Kier molecular flexibility index (Phi) is 7.94. The van der Waals surface area contributed by atoms with E-state index in [0.29, 0.717) is 22.4 Å². The predicted octanol–water partition coefficient (Wildman–Crippen LogP) is 3.35. The van der Waals surface area contributed by atoms with Crippen LogP contribution in [0.3, 0.4) is 0 Å². The third kappa shape index (κ3) is 8.04. The fourth-order valence-electron chi connectivity index (χ4n) is 2.37. The number of carboxylic acids is 2. The van der Waals surface area contributed by atoms with Crippen molar-refractivity contribution >= 4 is 35.8 Å². The zero-order valence-electron chi connectivity index (χ0n) is 17.0. The van der Waals surface area contributed by atoms with E-state index >= 15 is 0 Å². The fraction of sp³-hybridized carbons (Fsp3) is 0.400. The van der Waals surface area contributed by atoms with Gasteiger partial charge >= 0.3 is 24.0 Å². The SMILES string of the molecule is CC(=O)OCc1c(C=C(CC(=O)O)C(=O)O)ccc(NC(=O)OC(C)(C)C)c1C. The molecule has 0 atom stereocenters. The van der Waals surface area contributed by atoms with Crippen LogP contribution >= 0.6 is 0 Å². The molecule has 0 unspecified atom stereocenters. The summed E-state index contributed by atoms with van der Waals surface area (Å²) in [6.45, 7) is 7.85. The molecule has 9 nitrogen and oxygen atoms in total. The first kappa shape index (κ1) is 23.7. The summed E-state index contributed by atoms with van der Waals surface area (Å²) in [7, 11) is 0. The third-order valence-electron chi connectivity index (χ3n) is 3.64. The molecule has 0 aromatic heterocycles. The van der Waals surface area contributed by atoms with Crippen molar-refractivity contribution in [3.8, 4) is 0 Å². The molecule has 0 saturated carbocycles. The van der Waals surface area contributed by atoms with Gasteiger partial charge in [-0.2, -0.15) is 0 Å². The minimum Gasteiger partial charge on any atom is -0.481 e. The average molecular weight is 407 g/mol. The van der Waals surface area contributed by atoms with Gasteiger partial charge in [-0.15, -0.1) is 0 Å². The van der Waals surface area contributed by atoms with E-state index in [-0.39, 0.29) is 12.2 Å². The summed E-state index contributed by atoms with van der Waals surface area (Å²) in [6, 6.07) is 3.03. The first-order valence-corrected chi connectivity index (χ1v) is 8.71. The first-order valence-electron chi connectivity index (χ1n) is 8.71. The van der Waals surface area contributed by atoms with Crippen LogP contribution in [-0.2, 0) is 30.5 Å². The van der Waals surface area contributed by atoms with Crippen molar-refractivity contribution in [2.45, 2.75) is 53.2 Å². The Morgan fingerprint density at radius 3 is 2.24 bits per heavy atom. The molecule has 158 valence electrons. The molecule has 1 aromatic rings. The highest BCUT2D eigenvalue weighted by molar-refractivity contribution is 5.97. The van der Waals surface area contributed by atoms with Crippen molar-refractivity contribution in [3.63, 3.8) is 0 Å². The summed E-state index contributed by atoms with van der Waals surface area (Å²) in [4.78, 5) is 45.6. The van der Waals surface area contributed by atoms with Gasteiger partial charge in [-0.05, 0) is 51.0 Å². The van der Waals surface area contributed by atoms with E-state index in [1.54, 1.807) is 27.7 Å². The van der Waals surface area contributed by atoms with Gasteiger partial charge in [0.15, 0.2) is 0 Å². The van der Waals surface area contributed by atoms with Gasteiger partial charge in [0.05, 0.1) is 6.42 Å². The molecule has 1 amide bonds. The van der Waals surface area contributed by atoms with E-state index < -0.39 is 36.0 Å². The lowest BCUT2D eigenvalue weighted by atomic mass is 9.98. The number of esters is 1. The third-order valence-corrected chi connectivity index (χ3v) is 3.64. The summed E-state index contributed by atoms with van der Waals surface area (Å²) in [5.41, 5.74) is 0.650. The number of nitrogens with one attached hydrogen (secondary N) is 1. The van der Waals surface area contributed by atoms with Crippen LogP contribution in [0.1, 0.15) is 50.8 Å². The molecule has 0 radical (unpaired) electrons. The molecule has 0 fully saturated rings. The number of carbonyl (C=O) groups is 4. The quantitative estimate of drug-likeness (QED) is 0.462. The Balaban J connectivity index is 3.37. The van der Waals surface area contributed by atoms with Crippen LogP contribution in [0.15, 0.2) is 17.7 Å². The van der Waals surface area contributed by atoms with Crippen LogP contribution in [0.5, 0.6) is 0 Å². The summed E-state index contributed by atoms with van der Waals surface area (Å²) >= 11 is 0. The topological polar surface area (TPSA) is 139 Å². The molecule has 29 heavy (non-hydrogen) atoms. The molecule has 0 aliphatic carbocycles. The predicted molar refractivity (Wildman–Crippen MR) is 104 cm³/mol. The highest BCUT2D eigenvalue weighted by atomic mass is 16.6. The Morgan fingerprint density at radius 1 is 1.14 bits per heavy atom. The number of anilines is 1. The number of rotatable bonds is 7. The minimum atomic E-state index is -1.38. The summed E-state index contributed by atoms with van der Waals surface area (Å²) in [6.07, 6.45) is -0.154. The lowest BCUT2D eigenvalue weighted by Gasteiger charge is -2.21. The van der Waals surface area contributed by atoms with E-state index in [9.17, 15) is 24.3 Å². The summed E-state index contributed by atoms with van der Waals surface area (Å²) in [5, 5.41) is 20.8. The lowest BCUT2D eigenvalue weighted by Crippen LogP contribution is -2.27. The van der Waals surface area contributed by atoms with Gasteiger partial charge in [0.2, 0.25) is 0 Å². The van der Waals surface area contributed by atoms with Crippen molar-refractivity contribution in [2.75, 3.05) is 5.32 Å². The van der Waals surface area contributed by atoms with Crippen molar-refractivity contribution in [3.05, 3.63) is 34.4 Å². The van der Waals surface area contributed by atoms with Gasteiger partial charge in [0.1, 0.15) is 12.2 Å². The highest BCUT2D eigenvalue weighted by Gasteiger charge is 2.19. The normalized spacial score (nSPS) is 11.6. The molecule has 3 N–H and O–H groups in total. The molecule has 1 rings (SSSR count). The fourth-order valence-corrected chi connectivity index (χ4v) is 2.37. The maximum absolute atomic E-state index is 12.1. The highest BCUT2D eigenvalue weighted by Crippen LogP contribution is 2.27. The van der Waals surface area contributed by atoms with Crippen molar-refractivity contribution in [1.82, 2.24) is 0 Å². The molecule has 0 saturated heterocycles. The Bertz CT molecular complexity index is 849. The van der Waals surface area contributed by atoms with E-state index in [2.05, 4.69) is 5.32 Å². The minimum absolute atomic E-state index is 0.184. The van der Waals surface area contributed by atoms with Crippen LogP contribution in [0.25, 0.3) is 6.08 Å². The molecule has 1 aromatic carbocycles. The maximum Gasteiger partial charge on any atom is 0.412 e. The van der Waals surface area contributed by atoms with Gasteiger partial charge in [0, 0.05) is 23.7 Å². The van der Waals surface area contributed by atoms with Crippen molar-refractivity contribution < 1.29 is 38.9 Å². The molecule has 0 aliphatic heterocycles. The van der Waals surface area contributed by atoms with Gasteiger partial charge in [-0.1, -0.05) is 6.07 Å². The van der Waals surface area contributed by atoms with Gasteiger partial charge in [-0.25, -0.2) is 9.59 Å². The smallest absolute Gasteiger partial charge is 0.412 e. The van der Waals surface area contributed by atoms with E-state index in [4.69, 9.17) is 14.6 Å². The zero-order chi connectivity index (χ0) is 22.4. The number of benzene rings is 1. The number of carboxylic acid groups (broad SMARTS) is 2. The number of amides is 1. The maximum atomic E-state index is 12.1. The number of carbonyl (C=O) groups excluding carboxylic acids is 2. The Morgan fingerprint density at radius 2 is 1.76 bits per heavy atom. The number of hydrogen-bond donors (Lipinski definition) is 3. The molecule has 9 heteroatoms. The molecule has 0 aliphatic rings. The Labute approximate surface area is 168 Å². The molecule has 0 spiro atoms. The second kappa shape index (κ2) is 9.72. The second-order valence-corrected chi connectivity index (χ2v) is 7.26. The Hall–Kier alpha value is -3.36. The second-order valence-electron chi connectivity index (χ2n) is 7.26. The van der Waals surface area contributed by atoms with Crippen LogP contribution in [0.4, 0.5) is 10.5 Å². The summed E-state index contributed by atoms with van der Waals surface area (Å²) in [5.74, 6) is -3.21. The van der Waals surface area contributed by atoms with E-state index in [1.807, 2.05) is 0 Å². The standard InChI is InChI=1S/C20H25NO8/c1-11-15(10-28-12(2)22)13(8-14(18(25)26)9-17(23)24)6-7-16(11)21-19(27)29-20(3,4)5/h6-8H,9-10H2,1-5H3,(H,21,27)(H,23,24)(H,25,26). The molecular weight excluding hydrogens is 382 g/mol. The van der Waals surface area contributed by atoms with E-state index in [0.717, 1.165) is 0 Å².